The number of aromatic nitrogens is 1. The van der Waals surface area contributed by atoms with Crippen molar-refractivity contribution in [1.29, 1.82) is 0 Å². The zero-order valence-corrected chi connectivity index (χ0v) is 7.68. The molecule has 0 spiro atoms. The summed E-state index contributed by atoms with van der Waals surface area (Å²) in [6, 6.07) is 5.88. The van der Waals surface area contributed by atoms with Gasteiger partial charge in [0.05, 0.1) is 0 Å². The Morgan fingerprint density at radius 2 is 2.27 bits per heavy atom. The SMILES string of the molecule is C[Si]C#Cc1cccc(C)n1. The second kappa shape index (κ2) is 3.94. The zero-order chi connectivity index (χ0) is 8.10. The highest BCUT2D eigenvalue weighted by Crippen LogP contribution is 1.94. The number of nitrogens with zero attached hydrogens (tertiary/aromatic N) is 1. The first-order valence-electron chi connectivity index (χ1n) is 3.44. The zero-order valence-electron chi connectivity index (χ0n) is 6.68. The van der Waals surface area contributed by atoms with E-state index in [0.717, 1.165) is 11.4 Å². The van der Waals surface area contributed by atoms with Crippen molar-refractivity contribution in [3.05, 3.63) is 29.6 Å². The fourth-order valence-corrected chi connectivity index (χ4v) is 0.992. The third kappa shape index (κ3) is 2.56. The topological polar surface area (TPSA) is 12.9 Å². The average Bonchev–Trinajstić information content (AvgIpc) is 2.01. The Hall–Kier alpha value is -1.07. The molecule has 1 aromatic rings. The summed E-state index contributed by atoms with van der Waals surface area (Å²) < 4.78 is 0. The smallest absolute Gasteiger partial charge is 0.145 e. The summed E-state index contributed by atoms with van der Waals surface area (Å²) in [6.45, 7) is 4.03. The lowest BCUT2D eigenvalue weighted by atomic mass is 10.3. The highest BCUT2D eigenvalue weighted by atomic mass is 28.2. The summed E-state index contributed by atoms with van der Waals surface area (Å²) in [7, 11) is 0.679. The lowest BCUT2D eigenvalue weighted by molar-refractivity contribution is 1.18. The van der Waals surface area contributed by atoms with E-state index in [1.807, 2.05) is 25.1 Å². The molecule has 11 heavy (non-hydrogen) atoms. The van der Waals surface area contributed by atoms with Crippen LogP contribution >= 0.6 is 0 Å². The van der Waals surface area contributed by atoms with Gasteiger partial charge in [0.2, 0.25) is 0 Å². The lowest BCUT2D eigenvalue weighted by Crippen LogP contribution is -1.85. The highest BCUT2D eigenvalue weighted by molar-refractivity contribution is 6.44. The number of aryl methyl sites for hydroxylation is 1. The van der Waals surface area contributed by atoms with Gasteiger partial charge in [0.15, 0.2) is 0 Å². The van der Waals surface area contributed by atoms with E-state index in [-0.39, 0.29) is 0 Å². The Kier molecular flexibility index (Phi) is 2.88. The largest absolute Gasteiger partial charge is 0.245 e. The molecule has 54 valence electrons. The molecule has 0 fully saturated rings. The normalized spacial score (nSPS) is 8.55. The van der Waals surface area contributed by atoms with E-state index in [2.05, 4.69) is 23.0 Å². The molecule has 0 aromatic carbocycles. The van der Waals surface area contributed by atoms with E-state index in [1.54, 1.807) is 0 Å². The first kappa shape index (κ1) is 8.03. The molecule has 0 aliphatic carbocycles. The minimum atomic E-state index is 0.679. The van der Waals surface area contributed by atoms with Crippen molar-refractivity contribution in [2.75, 3.05) is 0 Å². The Morgan fingerprint density at radius 3 is 2.91 bits per heavy atom. The summed E-state index contributed by atoms with van der Waals surface area (Å²) in [5.74, 6) is 2.99. The standard InChI is InChI=1S/C9H9NSi/c1-8-4-3-5-9(10-8)6-7-11-2/h3-5H,1-2H3. The molecule has 1 aromatic heterocycles. The molecule has 0 saturated carbocycles. The van der Waals surface area contributed by atoms with Crippen molar-refractivity contribution in [3.8, 4) is 11.5 Å². The number of hydrogen-bond donors (Lipinski definition) is 0. The summed E-state index contributed by atoms with van der Waals surface area (Å²) >= 11 is 0. The molecule has 0 atom stereocenters. The van der Waals surface area contributed by atoms with Gasteiger partial charge in [0.25, 0.3) is 0 Å². The maximum absolute atomic E-state index is 4.24. The van der Waals surface area contributed by atoms with E-state index >= 15 is 0 Å². The van der Waals surface area contributed by atoms with Crippen molar-refractivity contribution in [2.24, 2.45) is 0 Å². The van der Waals surface area contributed by atoms with Crippen LogP contribution in [0.25, 0.3) is 0 Å². The summed E-state index contributed by atoms with van der Waals surface area (Å²) in [4.78, 5) is 4.24. The molecule has 1 heterocycles. The second-order valence-electron chi connectivity index (χ2n) is 2.16. The van der Waals surface area contributed by atoms with Gasteiger partial charge in [-0.25, -0.2) is 4.98 Å². The quantitative estimate of drug-likeness (QED) is 0.412. The summed E-state index contributed by atoms with van der Waals surface area (Å²) in [5, 5.41) is 0. The molecule has 1 rings (SSSR count). The van der Waals surface area contributed by atoms with Gasteiger partial charge in [-0.1, -0.05) is 18.5 Å². The first-order valence-corrected chi connectivity index (χ1v) is 4.94. The maximum Gasteiger partial charge on any atom is 0.145 e. The van der Waals surface area contributed by atoms with Crippen LogP contribution in [0.4, 0.5) is 0 Å². The molecule has 2 heteroatoms. The van der Waals surface area contributed by atoms with Crippen LogP contribution in [0.3, 0.4) is 0 Å². The van der Waals surface area contributed by atoms with Gasteiger partial charge in [-0.05, 0) is 19.1 Å². The van der Waals surface area contributed by atoms with Crippen LogP contribution in [-0.4, -0.2) is 14.5 Å². The van der Waals surface area contributed by atoms with Crippen LogP contribution in [0, 0.1) is 18.4 Å². The number of pyridine rings is 1. The second-order valence-corrected chi connectivity index (χ2v) is 2.91. The van der Waals surface area contributed by atoms with E-state index < -0.39 is 0 Å². The predicted octanol–water partition coefficient (Wildman–Crippen LogP) is 1.45. The van der Waals surface area contributed by atoms with Gasteiger partial charge >= 0.3 is 0 Å². The molecule has 0 amide bonds. The number of rotatable bonds is 0. The van der Waals surface area contributed by atoms with Gasteiger partial charge in [-0.2, -0.15) is 0 Å². The summed E-state index contributed by atoms with van der Waals surface area (Å²) in [5.41, 5.74) is 4.91. The predicted molar refractivity (Wildman–Crippen MR) is 47.5 cm³/mol. The Labute approximate surface area is 69.7 Å². The average molecular weight is 159 g/mol. The maximum atomic E-state index is 4.24. The van der Waals surface area contributed by atoms with Crippen LogP contribution in [0.1, 0.15) is 11.4 Å². The van der Waals surface area contributed by atoms with Crippen LogP contribution in [-0.2, 0) is 0 Å². The van der Waals surface area contributed by atoms with E-state index in [9.17, 15) is 0 Å². The van der Waals surface area contributed by atoms with Crippen molar-refractivity contribution in [1.82, 2.24) is 4.98 Å². The van der Waals surface area contributed by atoms with Crippen LogP contribution in [0.15, 0.2) is 18.2 Å². The van der Waals surface area contributed by atoms with E-state index in [0.29, 0.717) is 9.52 Å². The van der Waals surface area contributed by atoms with E-state index in [4.69, 9.17) is 0 Å². The van der Waals surface area contributed by atoms with Gasteiger partial charge in [0.1, 0.15) is 15.2 Å². The minimum Gasteiger partial charge on any atom is -0.245 e. The molecule has 2 radical (unpaired) electrons. The summed E-state index contributed by atoms with van der Waals surface area (Å²) in [6.07, 6.45) is 0. The fourth-order valence-electron chi connectivity index (χ4n) is 0.739. The number of hydrogen-bond acceptors (Lipinski definition) is 1. The molecule has 0 saturated heterocycles. The lowest BCUT2D eigenvalue weighted by Gasteiger charge is -1.90. The Balaban J connectivity index is 2.87. The van der Waals surface area contributed by atoms with Crippen LogP contribution < -0.4 is 0 Å². The first-order chi connectivity index (χ1) is 5.33. The van der Waals surface area contributed by atoms with Gasteiger partial charge < -0.3 is 0 Å². The van der Waals surface area contributed by atoms with Crippen LogP contribution in [0.5, 0.6) is 0 Å². The molecule has 0 aliphatic rings. The third-order valence-corrected chi connectivity index (χ3v) is 1.58. The highest BCUT2D eigenvalue weighted by Gasteiger charge is 1.86. The minimum absolute atomic E-state index is 0.679. The Morgan fingerprint density at radius 1 is 1.45 bits per heavy atom. The molecular formula is C9H9NSi. The molecule has 0 bridgehead atoms. The van der Waals surface area contributed by atoms with Crippen molar-refractivity contribution >= 4 is 9.52 Å². The molecular weight excluding hydrogens is 150 g/mol. The van der Waals surface area contributed by atoms with Gasteiger partial charge in [-0.15, -0.1) is 5.54 Å². The molecule has 0 N–H and O–H groups in total. The van der Waals surface area contributed by atoms with Crippen molar-refractivity contribution in [2.45, 2.75) is 13.5 Å². The molecule has 0 unspecified atom stereocenters. The van der Waals surface area contributed by atoms with Crippen molar-refractivity contribution < 1.29 is 0 Å². The molecule has 0 aliphatic heterocycles. The van der Waals surface area contributed by atoms with Crippen LogP contribution in [0.2, 0.25) is 6.55 Å². The third-order valence-electron chi connectivity index (χ3n) is 1.20. The van der Waals surface area contributed by atoms with Crippen molar-refractivity contribution in [3.63, 3.8) is 0 Å². The Bertz CT molecular complexity index is 296. The van der Waals surface area contributed by atoms with Gasteiger partial charge in [0, 0.05) is 5.69 Å². The fraction of sp³-hybridized carbons (Fsp3) is 0.222. The molecule has 1 nitrogen and oxygen atoms in total. The van der Waals surface area contributed by atoms with Gasteiger partial charge in [-0.3, -0.25) is 0 Å². The van der Waals surface area contributed by atoms with E-state index in [1.165, 1.54) is 0 Å². The monoisotopic (exact) mass is 159 g/mol.